The van der Waals surface area contributed by atoms with Crippen LogP contribution in [0.25, 0.3) is 0 Å². The SMILES string of the molecule is CC/C=C\C/C=C\C/C=C\C/C=C\C/C=C\CCCCCCCCCCCCCCCCCCCCCC(=O)OCC(O)COP(=O)(O)OCC(O)COP(=O)(O)OCC(COC(=O)CCCCCCCC/C=C\C/C=C\C/C=C\C/C=C\CC)OC(=O)CCCCCCCCCCCCCCCCC. The lowest BCUT2D eigenvalue weighted by Crippen LogP contribution is -2.30. The van der Waals surface area contributed by atoms with Crippen molar-refractivity contribution in [1.82, 2.24) is 0 Å². The predicted molar refractivity (Wildman–Crippen MR) is 436 cm³/mol. The summed E-state index contributed by atoms with van der Waals surface area (Å²) in [5.74, 6) is -1.57. The maximum absolute atomic E-state index is 13.0. The number of hydrogen-bond acceptors (Lipinski definition) is 14. The van der Waals surface area contributed by atoms with Gasteiger partial charge in [-0.15, -0.1) is 0 Å². The third-order valence-electron chi connectivity index (χ3n) is 18.0. The van der Waals surface area contributed by atoms with Crippen molar-refractivity contribution in [1.29, 1.82) is 0 Å². The summed E-state index contributed by atoms with van der Waals surface area (Å²) in [6.07, 6.45) is 94.4. The molecule has 0 aliphatic rings. The Labute approximate surface area is 640 Å². The minimum absolute atomic E-state index is 0.105. The van der Waals surface area contributed by atoms with Crippen LogP contribution in [0.4, 0.5) is 0 Å². The Kier molecular flexibility index (Phi) is 76.9. The summed E-state index contributed by atoms with van der Waals surface area (Å²) >= 11 is 0. The molecule has 0 bridgehead atoms. The van der Waals surface area contributed by atoms with E-state index in [-0.39, 0.29) is 19.3 Å². The summed E-state index contributed by atoms with van der Waals surface area (Å²) in [6, 6.07) is 0. The van der Waals surface area contributed by atoms with E-state index in [1.165, 1.54) is 167 Å². The highest BCUT2D eigenvalue weighted by Gasteiger charge is 2.29. The molecule has 0 saturated carbocycles. The molecule has 0 aromatic rings. The summed E-state index contributed by atoms with van der Waals surface area (Å²) < 4.78 is 61.2. The monoisotopic (exact) mass is 1520 g/mol. The van der Waals surface area contributed by atoms with E-state index in [9.17, 15) is 43.5 Å². The maximum Gasteiger partial charge on any atom is 0.472 e. The van der Waals surface area contributed by atoms with Gasteiger partial charge in [-0.3, -0.25) is 32.5 Å². The second-order valence-electron chi connectivity index (χ2n) is 28.2. The van der Waals surface area contributed by atoms with Crippen LogP contribution < -0.4 is 0 Å². The zero-order chi connectivity index (χ0) is 76.6. The minimum Gasteiger partial charge on any atom is -0.463 e. The number of ether oxygens (including phenoxy) is 3. The van der Waals surface area contributed by atoms with E-state index < -0.39 is 91.5 Å². The van der Waals surface area contributed by atoms with Gasteiger partial charge < -0.3 is 34.2 Å². The van der Waals surface area contributed by atoms with Crippen LogP contribution in [0.2, 0.25) is 0 Å². The Morgan fingerprint density at radius 3 is 0.800 bits per heavy atom. The molecule has 105 heavy (non-hydrogen) atoms. The van der Waals surface area contributed by atoms with Crippen LogP contribution in [-0.2, 0) is 55.8 Å². The van der Waals surface area contributed by atoms with Crippen molar-refractivity contribution < 1.29 is 75.8 Å². The second-order valence-corrected chi connectivity index (χ2v) is 31.1. The molecule has 0 aromatic carbocycles. The van der Waals surface area contributed by atoms with E-state index in [2.05, 4.69) is 130 Å². The van der Waals surface area contributed by atoms with Gasteiger partial charge >= 0.3 is 33.6 Å². The molecule has 0 aliphatic carbocycles. The minimum atomic E-state index is -4.93. The quantitative estimate of drug-likeness (QED) is 0.0146. The van der Waals surface area contributed by atoms with Crippen molar-refractivity contribution in [3.8, 4) is 0 Å². The van der Waals surface area contributed by atoms with Crippen LogP contribution in [0.3, 0.4) is 0 Å². The third kappa shape index (κ3) is 81.0. The molecule has 5 unspecified atom stereocenters. The third-order valence-corrected chi connectivity index (χ3v) is 19.9. The van der Waals surface area contributed by atoms with E-state index in [4.69, 9.17) is 32.3 Å². The van der Waals surface area contributed by atoms with Crippen LogP contribution in [-0.4, -0.2) is 95.9 Å². The fourth-order valence-corrected chi connectivity index (χ4v) is 13.2. The Hall–Kier alpha value is -3.79. The lowest BCUT2D eigenvalue weighted by atomic mass is 10.0. The molecule has 0 fully saturated rings. The zero-order valence-electron chi connectivity index (χ0n) is 66.6. The van der Waals surface area contributed by atoms with Crippen LogP contribution in [0.15, 0.2) is 109 Å². The largest absolute Gasteiger partial charge is 0.472 e. The normalized spacial score (nSPS) is 14.5. The number of phosphoric ester groups is 2. The first-order chi connectivity index (χ1) is 51.2. The van der Waals surface area contributed by atoms with Gasteiger partial charge in [-0.05, 0) is 103 Å². The molecule has 0 spiro atoms. The van der Waals surface area contributed by atoms with Gasteiger partial charge in [0.1, 0.15) is 25.4 Å². The van der Waals surface area contributed by atoms with E-state index in [1.54, 1.807) is 0 Å². The molecule has 0 saturated heterocycles. The van der Waals surface area contributed by atoms with Gasteiger partial charge in [-0.1, -0.05) is 355 Å². The van der Waals surface area contributed by atoms with Crippen LogP contribution in [0, 0.1) is 0 Å². The van der Waals surface area contributed by atoms with Gasteiger partial charge in [0.05, 0.1) is 26.4 Å². The molecule has 0 rings (SSSR count). The Bertz CT molecular complexity index is 2340. The van der Waals surface area contributed by atoms with Crippen LogP contribution >= 0.6 is 15.6 Å². The molecule has 18 heteroatoms. The first-order valence-electron chi connectivity index (χ1n) is 42.2. The zero-order valence-corrected chi connectivity index (χ0v) is 68.4. The number of allylic oxidation sites excluding steroid dienone is 18. The van der Waals surface area contributed by atoms with Crippen molar-refractivity contribution in [2.24, 2.45) is 0 Å². The fraction of sp³-hybridized carbons (Fsp3) is 0.759. The fourth-order valence-electron chi connectivity index (χ4n) is 11.7. The number of esters is 3. The van der Waals surface area contributed by atoms with Crippen molar-refractivity contribution >= 4 is 33.6 Å². The lowest BCUT2D eigenvalue weighted by Gasteiger charge is -2.21. The number of rotatable bonds is 80. The lowest BCUT2D eigenvalue weighted by molar-refractivity contribution is -0.161. The van der Waals surface area contributed by atoms with E-state index in [1.807, 2.05) is 0 Å². The van der Waals surface area contributed by atoms with Crippen molar-refractivity contribution in [3.05, 3.63) is 109 Å². The van der Waals surface area contributed by atoms with Gasteiger partial charge in [0.2, 0.25) is 0 Å². The molecule has 0 aliphatic heterocycles. The molecule has 0 heterocycles. The number of carbonyl (C=O) groups excluding carboxylic acids is 3. The Morgan fingerprint density at radius 1 is 0.276 bits per heavy atom. The summed E-state index contributed by atoms with van der Waals surface area (Å²) in [4.78, 5) is 58.7. The van der Waals surface area contributed by atoms with Gasteiger partial charge in [-0.25, -0.2) is 9.13 Å². The Balaban J connectivity index is 4.38. The summed E-state index contributed by atoms with van der Waals surface area (Å²) in [5, 5.41) is 20.7. The molecule has 4 N–H and O–H groups in total. The highest BCUT2D eigenvalue weighted by atomic mass is 31.2. The van der Waals surface area contributed by atoms with Crippen molar-refractivity contribution in [2.45, 2.75) is 386 Å². The van der Waals surface area contributed by atoms with Crippen LogP contribution in [0.5, 0.6) is 0 Å². The number of aliphatic hydroxyl groups excluding tert-OH is 2. The van der Waals surface area contributed by atoms with Crippen LogP contribution in [0.1, 0.15) is 367 Å². The highest BCUT2D eigenvalue weighted by Crippen LogP contribution is 2.45. The highest BCUT2D eigenvalue weighted by molar-refractivity contribution is 7.47. The van der Waals surface area contributed by atoms with Crippen molar-refractivity contribution in [3.63, 3.8) is 0 Å². The molecule has 0 amide bonds. The topological polar surface area (TPSA) is 231 Å². The number of unbranched alkanes of at least 4 members (excludes halogenated alkanes) is 39. The summed E-state index contributed by atoms with van der Waals surface area (Å²) in [5.41, 5.74) is 0. The standard InChI is InChI=1S/C87H154O16P2/c1-4-7-10-13-16-19-22-25-28-30-32-33-34-35-36-37-38-39-40-41-42-43-44-45-46-47-49-51-53-55-58-61-64-67-70-73-85(90)97-76-82(88)77-99-104(93,94)100-78-83(89)79-101-105(95,96)102-81-84(103-87(92)75-72-69-66-63-60-57-52-27-24-21-18-15-12-9-6-3)80-98-86(91)74-71-68-65-62-59-56-54-50-48-31-29-26-23-20-17-14-11-8-5-2/h7-8,10-11,16-17,19-20,25-26,28-29,32-33,35-36,48,50,82-84,88-89H,4-6,9,12-15,18,21-24,27,30-31,34,37-47,49,51-81H2,1-3H3,(H,93,94)(H,95,96)/b10-7-,11-8-,19-16-,20-17-,28-25-,29-26-,33-32-,36-35-,50-48-. The number of carbonyl (C=O) groups is 3. The van der Waals surface area contributed by atoms with Gasteiger partial charge in [0, 0.05) is 19.3 Å². The van der Waals surface area contributed by atoms with E-state index in [0.717, 1.165) is 141 Å². The molecule has 16 nitrogen and oxygen atoms in total. The van der Waals surface area contributed by atoms with Gasteiger partial charge in [-0.2, -0.15) is 0 Å². The van der Waals surface area contributed by atoms with Crippen molar-refractivity contribution in [2.75, 3.05) is 39.6 Å². The van der Waals surface area contributed by atoms with Gasteiger partial charge in [0.25, 0.3) is 0 Å². The number of hydrogen-bond donors (Lipinski definition) is 4. The first-order valence-corrected chi connectivity index (χ1v) is 45.2. The molecule has 0 aromatic heterocycles. The average Bonchev–Trinajstić information content (AvgIpc) is 0.942. The van der Waals surface area contributed by atoms with E-state index in [0.29, 0.717) is 19.3 Å². The maximum atomic E-state index is 13.0. The number of phosphoric acid groups is 2. The molecular weight excluding hydrogens is 1360 g/mol. The summed E-state index contributed by atoms with van der Waals surface area (Å²) in [6.45, 7) is 2.49. The van der Waals surface area contributed by atoms with Gasteiger partial charge in [0.15, 0.2) is 6.10 Å². The smallest absolute Gasteiger partial charge is 0.463 e. The molecule has 608 valence electrons. The van der Waals surface area contributed by atoms with E-state index >= 15 is 0 Å². The summed E-state index contributed by atoms with van der Waals surface area (Å²) in [7, 11) is -9.79. The first kappa shape index (κ1) is 101. The Morgan fingerprint density at radius 2 is 0.505 bits per heavy atom. The predicted octanol–water partition coefficient (Wildman–Crippen LogP) is 25.1. The molecular formula is C87H154O16P2. The second kappa shape index (κ2) is 79.8. The average molecular weight is 1520 g/mol. The number of aliphatic hydroxyl groups is 2. The molecule has 5 atom stereocenters. The molecule has 0 radical (unpaired) electrons.